The van der Waals surface area contributed by atoms with Crippen LogP contribution in [0.25, 0.3) is 0 Å². The van der Waals surface area contributed by atoms with E-state index in [2.05, 4.69) is 12.2 Å². The number of methoxy groups -OCH3 is 1. The summed E-state index contributed by atoms with van der Waals surface area (Å²) in [4.78, 5) is 27.2. The molecule has 0 radical (unpaired) electrons. The van der Waals surface area contributed by atoms with Crippen molar-refractivity contribution in [1.29, 1.82) is 0 Å². The summed E-state index contributed by atoms with van der Waals surface area (Å²) in [5, 5.41) is 3.57. The van der Waals surface area contributed by atoms with Crippen molar-refractivity contribution in [2.45, 2.75) is 37.5 Å². The second-order valence-corrected chi connectivity index (χ2v) is 8.61. The molecule has 1 atom stereocenters. The van der Waals surface area contributed by atoms with Crippen molar-refractivity contribution in [3.8, 4) is 0 Å². The zero-order valence-electron chi connectivity index (χ0n) is 15.3. The van der Waals surface area contributed by atoms with Crippen LogP contribution in [0.5, 0.6) is 0 Å². The summed E-state index contributed by atoms with van der Waals surface area (Å²) >= 11 is 3.19. The summed E-state index contributed by atoms with van der Waals surface area (Å²) in [6, 6.07) is 7.96. The molecule has 1 aliphatic carbocycles. The molecule has 138 valence electrons. The molecule has 6 heteroatoms. The van der Waals surface area contributed by atoms with Crippen LogP contribution in [0.3, 0.4) is 0 Å². The number of fused-ring (bicyclic) bond motifs is 1. The second-order valence-electron chi connectivity index (χ2n) is 6.62. The number of ether oxygens (including phenoxy) is 1. The molecule has 0 saturated carbocycles. The van der Waals surface area contributed by atoms with Crippen molar-refractivity contribution in [3.05, 3.63) is 45.8 Å². The van der Waals surface area contributed by atoms with Gasteiger partial charge in [-0.1, -0.05) is 19.1 Å². The summed E-state index contributed by atoms with van der Waals surface area (Å²) in [7, 11) is 1.39. The lowest BCUT2D eigenvalue weighted by molar-refractivity contribution is -0.115. The van der Waals surface area contributed by atoms with Gasteiger partial charge < -0.3 is 10.1 Å². The molecule has 1 N–H and O–H groups in total. The molecule has 1 aliphatic rings. The highest BCUT2D eigenvalue weighted by atomic mass is 32.2. The van der Waals surface area contributed by atoms with Crippen LogP contribution in [0.2, 0.25) is 0 Å². The predicted molar refractivity (Wildman–Crippen MR) is 107 cm³/mol. The van der Waals surface area contributed by atoms with Gasteiger partial charge in [-0.05, 0) is 54.7 Å². The van der Waals surface area contributed by atoms with Crippen molar-refractivity contribution >= 4 is 40.0 Å². The maximum Gasteiger partial charge on any atom is 0.341 e. The normalized spacial score (nSPS) is 16.0. The molecule has 4 nitrogen and oxygen atoms in total. The van der Waals surface area contributed by atoms with Crippen LogP contribution < -0.4 is 5.32 Å². The van der Waals surface area contributed by atoms with Gasteiger partial charge in [-0.3, -0.25) is 4.79 Å². The molecule has 1 aromatic carbocycles. The highest BCUT2D eigenvalue weighted by Crippen LogP contribution is 2.40. The van der Waals surface area contributed by atoms with E-state index in [1.807, 2.05) is 30.5 Å². The van der Waals surface area contributed by atoms with Crippen molar-refractivity contribution < 1.29 is 14.3 Å². The second kappa shape index (κ2) is 8.27. The molecule has 1 aromatic heterocycles. The van der Waals surface area contributed by atoms with Gasteiger partial charge in [0.2, 0.25) is 5.91 Å². The summed E-state index contributed by atoms with van der Waals surface area (Å²) in [5.41, 5.74) is 2.56. The monoisotopic (exact) mass is 389 g/mol. The smallest absolute Gasteiger partial charge is 0.341 e. The Hall–Kier alpha value is -1.79. The molecule has 1 heterocycles. The molecule has 26 heavy (non-hydrogen) atoms. The Bertz CT molecular complexity index is 811. The van der Waals surface area contributed by atoms with Crippen LogP contribution in [-0.2, 0) is 28.8 Å². The highest BCUT2D eigenvalue weighted by Gasteiger charge is 2.28. The topological polar surface area (TPSA) is 55.4 Å². The first-order chi connectivity index (χ1) is 12.5. The van der Waals surface area contributed by atoms with Crippen LogP contribution >= 0.6 is 23.1 Å². The first-order valence-corrected chi connectivity index (χ1v) is 10.7. The summed E-state index contributed by atoms with van der Waals surface area (Å²) in [5.74, 6) is 0.125. The van der Waals surface area contributed by atoms with Crippen molar-refractivity contribution in [2.24, 2.45) is 5.92 Å². The van der Waals surface area contributed by atoms with Gasteiger partial charge in [0.1, 0.15) is 5.00 Å². The van der Waals surface area contributed by atoms with E-state index in [1.165, 1.54) is 28.2 Å². The van der Waals surface area contributed by atoms with E-state index < -0.39 is 0 Å². The zero-order chi connectivity index (χ0) is 18.7. The van der Waals surface area contributed by atoms with Crippen molar-refractivity contribution in [2.75, 3.05) is 18.7 Å². The van der Waals surface area contributed by atoms with E-state index in [1.54, 1.807) is 11.8 Å². The first kappa shape index (κ1) is 19.0. The molecule has 3 rings (SSSR count). The fourth-order valence-corrected chi connectivity index (χ4v) is 5.08. The minimum Gasteiger partial charge on any atom is -0.465 e. The number of benzene rings is 1. The number of hydrogen-bond donors (Lipinski definition) is 1. The van der Waals surface area contributed by atoms with E-state index >= 15 is 0 Å². The van der Waals surface area contributed by atoms with E-state index in [-0.39, 0.29) is 18.3 Å². The molecule has 0 spiro atoms. The lowest BCUT2D eigenvalue weighted by Crippen LogP contribution is -2.17. The summed E-state index contributed by atoms with van der Waals surface area (Å²) in [6.45, 7) is 2.22. The molecular formula is C20H23NO3S2. The third-order valence-corrected chi connectivity index (χ3v) is 6.59. The molecule has 1 amide bonds. The largest absolute Gasteiger partial charge is 0.465 e. The Morgan fingerprint density at radius 1 is 1.31 bits per heavy atom. The van der Waals surface area contributed by atoms with Crippen LogP contribution in [0.15, 0.2) is 29.2 Å². The van der Waals surface area contributed by atoms with Gasteiger partial charge in [0.25, 0.3) is 0 Å². The minimum absolute atomic E-state index is 0.112. The highest BCUT2D eigenvalue weighted by molar-refractivity contribution is 7.98. The number of nitrogens with one attached hydrogen (secondary N) is 1. The van der Waals surface area contributed by atoms with Gasteiger partial charge in [-0.2, -0.15) is 0 Å². The van der Waals surface area contributed by atoms with Crippen LogP contribution in [0.1, 0.15) is 39.7 Å². The maximum atomic E-state index is 12.5. The lowest BCUT2D eigenvalue weighted by atomic mass is 9.88. The third kappa shape index (κ3) is 4.13. The number of thiophene rings is 1. The predicted octanol–water partition coefficient (Wildman–Crippen LogP) is 4.56. The molecule has 2 aromatic rings. The van der Waals surface area contributed by atoms with E-state index in [9.17, 15) is 9.59 Å². The average molecular weight is 390 g/mol. The summed E-state index contributed by atoms with van der Waals surface area (Å²) in [6.07, 6.45) is 5.19. The third-order valence-electron chi connectivity index (χ3n) is 4.68. The van der Waals surface area contributed by atoms with Crippen molar-refractivity contribution in [1.82, 2.24) is 0 Å². The summed E-state index contributed by atoms with van der Waals surface area (Å²) < 4.78 is 4.97. The lowest BCUT2D eigenvalue weighted by Gasteiger charge is -2.18. The average Bonchev–Trinajstić information content (AvgIpc) is 2.98. The Morgan fingerprint density at radius 2 is 2.04 bits per heavy atom. The van der Waals surface area contributed by atoms with E-state index in [0.717, 1.165) is 30.4 Å². The number of carbonyl (C=O) groups is 2. The number of thioether (sulfide) groups is 1. The van der Waals surface area contributed by atoms with Crippen LogP contribution in [0, 0.1) is 5.92 Å². The molecular weight excluding hydrogens is 366 g/mol. The Morgan fingerprint density at radius 3 is 2.69 bits per heavy atom. The van der Waals surface area contributed by atoms with Gasteiger partial charge in [-0.15, -0.1) is 23.1 Å². The minimum atomic E-state index is -0.364. The molecule has 1 unspecified atom stereocenters. The van der Waals surface area contributed by atoms with Gasteiger partial charge in [0.15, 0.2) is 0 Å². The quantitative estimate of drug-likeness (QED) is 0.601. The Balaban J connectivity index is 1.79. The van der Waals surface area contributed by atoms with Crippen molar-refractivity contribution in [3.63, 3.8) is 0 Å². The number of esters is 1. The number of rotatable bonds is 5. The molecule has 0 saturated heterocycles. The number of amides is 1. The standard InChI is InChI=1S/C20H23NO3S2/c1-12-4-9-15-16(10-12)26-19(18(15)20(23)24-2)21-17(22)11-13-5-7-14(25-3)8-6-13/h5-8,12H,4,9-11H2,1-3H3,(H,21,22). The van der Waals surface area contributed by atoms with E-state index in [0.29, 0.717) is 16.5 Å². The van der Waals surface area contributed by atoms with Crippen LogP contribution in [-0.4, -0.2) is 25.2 Å². The van der Waals surface area contributed by atoms with Gasteiger partial charge in [0.05, 0.1) is 19.1 Å². The fourth-order valence-electron chi connectivity index (χ4n) is 3.26. The van der Waals surface area contributed by atoms with Gasteiger partial charge in [-0.25, -0.2) is 4.79 Å². The molecule has 0 fully saturated rings. The Kier molecular flexibility index (Phi) is 6.04. The van der Waals surface area contributed by atoms with Crippen LogP contribution in [0.4, 0.5) is 5.00 Å². The maximum absolute atomic E-state index is 12.5. The number of hydrogen-bond acceptors (Lipinski definition) is 5. The number of anilines is 1. The Labute approximate surface area is 162 Å². The zero-order valence-corrected chi connectivity index (χ0v) is 16.9. The molecule has 0 bridgehead atoms. The first-order valence-electron chi connectivity index (χ1n) is 8.67. The fraction of sp³-hybridized carbons (Fsp3) is 0.400. The molecule has 0 aliphatic heterocycles. The van der Waals surface area contributed by atoms with Gasteiger partial charge >= 0.3 is 5.97 Å². The van der Waals surface area contributed by atoms with E-state index in [4.69, 9.17) is 4.74 Å². The number of carbonyl (C=O) groups excluding carboxylic acids is 2. The SMILES string of the molecule is COC(=O)c1c(NC(=O)Cc2ccc(SC)cc2)sc2c1CCC(C)C2. The van der Waals surface area contributed by atoms with Gasteiger partial charge in [0, 0.05) is 9.77 Å².